The van der Waals surface area contributed by atoms with E-state index in [1.807, 2.05) is 6.92 Å². The van der Waals surface area contributed by atoms with E-state index in [1.54, 1.807) is 0 Å². The molecule has 0 aliphatic heterocycles. The van der Waals surface area contributed by atoms with Gasteiger partial charge < -0.3 is 9.84 Å². The fourth-order valence-electron chi connectivity index (χ4n) is 5.84. The van der Waals surface area contributed by atoms with Crippen molar-refractivity contribution in [2.24, 2.45) is 10.8 Å². The molecule has 0 bridgehead atoms. The summed E-state index contributed by atoms with van der Waals surface area (Å²) < 4.78 is 5.67. The molecule has 3 rings (SSSR count). The van der Waals surface area contributed by atoms with Crippen molar-refractivity contribution in [3.63, 3.8) is 0 Å². The Morgan fingerprint density at radius 1 is 1.00 bits per heavy atom. The molecule has 0 amide bonds. The van der Waals surface area contributed by atoms with Crippen LogP contribution < -0.4 is 0 Å². The monoisotopic (exact) mass is 264 g/mol. The first kappa shape index (κ1) is 13.5. The molecule has 1 N–H and O–H groups in total. The van der Waals surface area contributed by atoms with Crippen molar-refractivity contribution in [3.8, 4) is 0 Å². The molecule has 0 aromatic rings. The van der Waals surface area contributed by atoms with Crippen LogP contribution in [0.5, 0.6) is 0 Å². The lowest BCUT2D eigenvalue weighted by molar-refractivity contribution is -0.120. The van der Waals surface area contributed by atoms with Gasteiger partial charge in [-0.1, -0.05) is 25.8 Å². The molecule has 3 aliphatic carbocycles. The minimum Gasteiger partial charge on any atom is -0.496 e. The topological polar surface area (TPSA) is 29.5 Å². The number of rotatable bonds is 3. The fraction of sp³-hybridized carbons (Fsp3) is 0.882. The lowest BCUT2D eigenvalue weighted by atomic mass is 9.57. The molecular formula is C17H28O2. The van der Waals surface area contributed by atoms with Gasteiger partial charge in [0.1, 0.15) is 11.4 Å². The van der Waals surface area contributed by atoms with Crippen molar-refractivity contribution < 1.29 is 9.84 Å². The van der Waals surface area contributed by atoms with Gasteiger partial charge >= 0.3 is 0 Å². The SMILES string of the molecule is C=C(OCC)[C@]1(O)CCC[C@]12CCCC21CCCC1. The van der Waals surface area contributed by atoms with Crippen LogP contribution in [-0.2, 0) is 4.74 Å². The van der Waals surface area contributed by atoms with Gasteiger partial charge in [0, 0.05) is 5.41 Å². The predicted octanol–water partition coefficient (Wildman–Crippen LogP) is 4.18. The van der Waals surface area contributed by atoms with Crippen molar-refractivity contribution in [1.82, 2.24) is 0 Å². The van der Waals surface area contributed by atoms with Crippen molar-refractivity contribution in [2.75, 3.05) is 6.61 Å². The normalized spacial score (nSPS) is 40.3. The third kappa shape index (κ3) is 1.59. The van der Waals surface area contributed by atoms with Gasteiger partial charge in [-0.2, -0.15) is 0 Å². The fourth-order valence-corrected chi connectivity index (χ4v) is 5.84. The average molecular weight is 264 g/mol. The second kappa shape index (κ2) is 4.51. The molecule has 3 aliphatic rings. The molecule has 0 saturated heterocycles. The smallest absolute Gasteiger partial charge is 0.127 e. The zero-order chi connectivity index (χ0) is 13.6. The largest absolute Gasteiger partial charge is 0.496 e. The van der Waals surface area contributed by atoms with Crippen LogP contribution in [0.2, 0.25) is 0 Å². The summed E-state index contributed by atoms with van der Waals surface area (Å²) in [5.74, 6) is 0.653. The van der Waals surface area contributed by atoms with Gasteiger partial charge in [0.05, 0.1) is 6.61 Å². The Kier molecular flexibility index (Phi) is 3.20. The highest BCUT2D eigenvalue weighted by atomic mass is 16.5. The second-order valence-corrected chi connectivity index (χ2v) is 6.99. The molecule has 3 fully saturated rings. The number of hydrogen-bond donors (Lipinski definition) is 1. The van der Waals surface area contributed by atoms with Crippen molar-refractivity contribution in [3.05, 3.63) is 12.3 Å². The van der Waals surface area contributed by atoms with Gasteiger partial charge in [-0.15, -0.1) is 0 Å². The van der Waals surface area contributed by atoms with Crippen LogP contribution in [0.25, 0.3) is 0 Å². The van der Waals surface area contributed by atoms with E-state index in [0.717, 1.165) is 12.8 Å². The van der Waals surface area contributed by atoms with E-state index in [-0.39, 0.29) is 5.41 Å². The summed E-state index contributed by atoms with van der Waals surface area (Å²) in [6, 6.07) is 0. The van der Waals surface area contributed by atoms with Crippen LogP contribution >= 0.6 is 0 Å². The third-order valence-electron chi connectivity index (χ3n) is 6.55. The molecule has 0 heterocycles. The van der Waals surface area contributed by atoms with E-state index in [4.69, 9.17) is 4.74 Å². The van der Waals surface area contributed by atoms with Crippen LogP contribution in [0.1, 0.15) is 71.1 Å². The molecule has 0 aromatic heterocycles. The van der Waals surface area contributed by atoms with Crippen LogP contribution in [0.15, 0.2) is 12.3 Å². The van der Waals surface area contributed by atoms with E-state index in [9.17, 15) is 5.11 Å². The Balaban J connectivity index is 1.99. The van der Waals surface area contributed by atoms with E-state index >= 15 is 0 Å². The van der Waals surface area contributed by atoms with E-state index in [2.05, 4.69) is 6.58 Å². The average Bonchev–Trinajstić information content (AvgIpc) is 3.07. The maximum absolute atomic E-state index is 11.4. The zero-order valence-electron chi connectivity index (χ0n) is 12.3. The Hall–Kier alpha value is -0.500. The highest BCUT2D eigenvalue weighted by molar-refractivity contribution is 5.25. The second-order valence-electron chi connectivity index (χ2n) is 6.99. The van der Waals surface area contributed by atoms with Gasteiger partial charge in [0.2, 0.25) is 0 Å². The summed E-state index contributed by atoms with van der Waals surface area (Å²) in [5.41, 5.74) is -0.301. The van der Waals surface area contributed by atoms with Crippen LogP contribution in [0.3, 0.4) is 0 Å². The minimum atomic E-state index is -0.760. The highest BCUT2D eigenvalue weighted by Crippen LogP contribution is 2.71. The van der Waals surface area contributed by atoms with E-state index in [0.29, 0.717) is 17.8 Å². The lowest BCUT2D eigenvalue weighted by Gasteiger charge is -2.50. The standard InChI is InChI=1S/C17H28O2/c1-3-19-14(2)17(18)13-7-12-16(17)11-6-10-15(16)8-4-5-9-15/h18H,2-13H2,1H3/t16-,17+/m0/s1. The molecule has 2 heteroatoms. The number of hydrogen-bond acceptors (Lipinski definition) is 2. The lowest BCUT2D eigenvalue weighted by Crippen LogP contribution is -2.52. The number of fused-ring (bicyclic) bond motifs is 1. The summed E-state index contributed by atoms with van der Waals surface area (Å²) in [5, 5.41) is 11.4. The molecule has 0 aromatic carbocycles. The molecular weight excluding hydrogens is 236 g/mol. The minimum absolute atomic E-state index is 0.0722. The molecule has 2 nitrogen and oxygen atoms in total. The highest BCUT2D eigenvalue weighted by Gasteiger charge is 2.68. The first-order valence-corrected chi connectivity index (χ1v) is 8.15. The van der Waals surface area contributed by atoms with E-state index in [1.165, 1.54) is 51.4 Å². The molecule has 2 spiro atoms. The maximum atomic E-state index is 11.4. The van der Waals surface area contributed by atoms with Gasteiger partial charge in [-0.3, -0.25) is 0 Å². The van der Waals surface area contributed by atoms with E-state index < -0.39 is 5.60 Å². The Bertz CT molecular complexity index is 360. The van der Waals surface area contributed by atoms with Gasteiger partial charge in [-0.05, 0) is 57.3 Å². The summed E-state index contributed by atoms with van der Waals surface area (Å²) in [6.45, 7) is 6.70. The molecule has 3 saturated carbocycles. The molecule has 108 valence electrons. The Labute approximate surface area is 117 Å². The quantitative estimate of drug-likeness (QED) is 0.775. The van der Waals surface area contributed by atoms with Crippen LogP contribution in [0.4, 0.5) is 0 Å². The maximum Gasteiger partial charge on any atom is 0.127 e. The summed E-state index contributed by atoms with van der Waals surface area (Å²) in [7, 11) is 0. The van der Waals surface area contributed by atoms with Gasteiger partial charge in [-0.25, -0.2) is 0 Å². The Morgan fingerprint density at radius 3 is 2.21 bits per heavy atom. The first-order chi connectivity index (χ1) is 9.10. The van der Waals surface area contributed by atoms with Crippen molar-refractivity contribution in [2.45, 2.75) is 76.7 Å². The molecule has 2 atom stereocenters. The van der Waals surface area contributed by atoms with Crippen molar-refractivity contribution >= 4 is 0 Å². The zero-order valence-corrected chi connectivity index (χ0v) is 12.3. The molecule has 0 unspecified atom stereocenters. The third-order valence-corrected chi connectivity index (χ3v) is 6.55. The van der Waals surface area contributed by atoms with Gasteiger partial charge in [0.15, 0.2) is 0 Å². The van der Waals surface area contributed by atoms with Crippen LogP contribution in [-0.4, -0.2) is 17.3 Å². The summed E-state index contributed by atoms with van der Waals surface area (Å²) >= 11 is 0. The number of aliphatic hydroxyl groups is 1. The predicted molar refractivity (Wildman–Crippen MR) is 76.8 cm³/mol. The summed E-state index contributed by atoms with van der Waals surface area (Å²) in [4.78, 5) is 0. The first-order valence-electron chi connectivity index (χ1n) is 8.15. The Morgan fingerprint density at radius 2 is 1.58 bits per heavy atom. The molecule has 19 heavy (non-hydrogen) atoms. The van der Waals surface area contributed by atoms with Gasteiger partial charge in [0.25, 0.3) is 0 Å². The summed E-state index contributed by atoms with van der Waals surface area (Å²) in [6.07, 6.45) is 12.3. The molecule has 0 radical (unpaired) electrons. The van der Waals surface area contributed by atoms with Crippen molar-refractivity contribution in [1.29, 1.82) is 0 Å². The number of ether oxygens (including phenoxy) is 1. The van der Waals surface area contributed by atoms with Crippen LogP contribution in [0, 0.1) is 10.8 Å².